The van der Waals surface area contributed by atoms with Crippen LogP contribution in [0.3, 0.4) is 0 Å². The highest BCUT2D eigenvalue weighted by atomic mass is 16.5. The molecule has 1 aromatic rings. The third-order valence-electron chi connectivity index (χ3n) is 3.68. The van der Waals surface area contributed by atoms with Crippen molar-refractivity contribution in [2.75, 3.05) is 31.8 Å². The predicted molar refractivity (Wildman–Crippen MR) is 74.2 cm³/mol. The van der Waals surface area contributed by atoms with Gasteiger partial charge in [0.15, 0.2) is 0 Å². The van der Waals surface area contributed by atoms with Gasteiger partial charge in [0.25, 0.3) is 0 Å². The first-order valence-electron chi connectivity index (χ1n) is 6.68. The lowest BCUT2D eigenvalue weighted by Crippen LogP contribution is -2.56. The van der Waals surface area contributed by atoms with E-state index in [1.807, 2.05) is 24.3 Å². The number of nitrogens with zero attached hydrogens (tertiary/aromatic N) is 1. The SMILES string of the molecule is CCCc1ccc(N(C)C(=O)C2(CO)COC2)cc1. The van der Waals surface area contributed by atoms with Gasteiger partial charge in [0.2, 0.25) is 5.91 Å². The van der Waals surface area contributed by atoms with Crippen LogP contribution in [-0.2, 0) is 16.0 Å². The number of carbonyl (C=O) groups excluding carboxylic acids is 1. The number of hydrogen-bond donors (Lipinski definition) is 1. The number of amides is 1. The fraction of sp³-hybridized carbons (Fsp3) is 0.533. The molecule has 0 aromatic heterocycles. The molecule has 4 heteroatoms. The molecule has 0 bridgehead atoms. The zero-order valence-corrected chi connectivity index (χ0v) is 11.6. The number of benzene rings is 1. The van der Waals surface area contributed by atoms with Gasteiger partial charge in [0, 0.05) is 12.7 Å². The van der Waals surface area contributed by atoms with Crippen LogP contribution in [0.5, 0.6) is 0 Å². The first-order chi connectivity index (χ1) is 9.13. The van der Waals surface area contributed by atoms with Gasteiger partial charge in [-0.15, -0.1) is 0 Å². The molecule has 0 spiro atoms. The molecule has 0 saturated carbocycles. The van der Waals surface area contributed by atoms with Gasteiger partial charge in [0.05, 0.1) is 19.8 Å². The monoisotopic (exact) mass is 263 g/mol. The summed E-state index contributed by atoms with van der Waals surface area (Å²) in [7, 11) is 1.74. The number of rotatable bonds is 5. The Morgan fingerprint density at radius 1 is 1.37 bits per heavy atom. The van der Waals surface area contributed by atoms with Crippen LogP contribution in [0.15, 0.2) is 24.3 Å². The van der Waals surface area contributed by atoms with E-state index in [0.717, 1.165) is 18.5 Å². The van der Waals surface area contributed by atoms with E-state index in [9.17, 15) is 9.90 Å². The normalized spacial score (nSPS) is 16.8. The van der Waals surface area contributed by atoms with Crippen molar-refractivity contribution in [3.8, 4) is 0 Å². The second-order valence-electron chi connectivity index (χ2n) is 5.21. The van der Waals surface area contributed by atoms with Gasteiger partial charge in [0.1, 0.15) is 5.41 Å². The molecule has 1 saturated heterocycles. The first kappa shape index (κ1) is 14.0. The standard InChI is InChI=1S/C15H21NO3/c1-3-4-12-5-7-13(8-6-12)16(2)14(18)15(9-17)10-19-11-15/h5-8,17H,3-4,9-11H2,1-2H3. The minimum Gasteiger partial charge on any atom is -0.395 e. The second-order valence-corrected chi connectivity index (χ2v) is 5.21. The van der Waals surface area contributed by atoms with Crippen molar-refractivity contribution >= 4 is 11.6 Å². The summed E-state index contributed by atoms with van der Waals surface area (Å²) < 4.78 is 5.08. The summed E-state index contributed by atoms with van der Waals surface area (Å²) in [4.78, 5) is 14.0. The molecular formula is C15H21NO3. The van der Waals surface area contributed by atoms with Crippen molar-refractivity contribution in [3.05, 3.63) is 29.8 Å². The van der Waals surface area contributed by atoms with Gasteiger partial charge in [-0.1, -0.05) is 25.5 Å². The molecule has 0 aliphatic carbocycles. The quantitative estimate of drug-likeness (QED) is 0.878. The van der Waals surface area contributed by atoms with Crippen LogP contribution in [0.4, 0.5) is 5.69 Å². The van der Waals surface area contributed by atoms with Crippen LogP contribution in [0, 0.1) is 5.41 Å². The molecule has 4 nitrogen and oxygen atoms in total. The summed E-state index contributed by atoms with van der Waals surface area (Å²) in [6.07, 6.45) is 2.16. The molecule has 1 amide bonds. The Morgan fingerprint density at radius 2 is 2.00 bits per heavy atom. The molecule has 1 aliphatic rings. The third-order valence-corrected chi connectivity index (χ3v) is 3.68. The van der Waals surface area contributed by atoms with E-state index in [4.69, 9.17) is 4.74 Å². The highest BCUT2D eigenvalue weighted by Crippen LogP contribution is 2.30. The molecule has 1 aromatic carbocycles. The molecule has 19 heavy (non-hydrogen) atoms. The fourth-order valence-electron chi connectivity index (χ4n) is 2.28. The molecule has 1 aliphatic heterocycles. The number of carbonyl (C=O) groups is 1. The Hall–Kier alpha value is -1.39. The lowest BCUT2D eigenvalue weighted by Gasteiger charge is -2.40. The third kappa shape index (κ3) is 2.65. The maximum Gasteiger partial charge on any atom is 0.239 e. The van der Waals surface area contributed by atoms with Crippen molar-refractivity contribution in [3.63, 3.8) is 0 Å². The van der Waals surface area contributed by atoms with Gasteiger partial charge in [-0.05, 0) is 24.1 Å². The van der Waals surface area contributed by atoms with Crippen LogP contribution >= 0.6 is 0 Å². The van der Waals surface area contributed by atoms with Gasteiger partial charge < -0.3 is 14.7 Å². The van der Waals surface area contributed by atoms with E-state index in [1.165, 1.54) is 5.56 Å². The number of anilines is 1. The molecule has 2 rings (SSSR count). The molecule has 1 N–H and O–H groups in total. The molecule has 104 valence electrons. The molecule has 0 atom stereocenters. The smallest absolute Gasteiger partial charge is 0.239 e. The van der Waals surface area contributed by atoms with Crippen molar-refractivity contribution in [2.24, 2.45) is 5.41 Å². The maximum atomic E-state index is 12.4. The Morgan fingerprint density at radius 3 is 2.42 bits per heavy atom. The van der Waals surface area contributed by atoms with Crippen LogP contribution in [0.2, 0.25) is 0 Å². The molecule has 0 radical (unpaired) electrons. The van der Waals surface area contributed by atoms with E-state index in [2.05, 4.69) is 6.92 Å². The zero-order valence-electron chi connectivity index (χ0n) is 11.6. The Labute approximate surface area is 114 Å². The second kappa shape index (κ2) is 5.72. The van der Waals surface area contributed by atoms with Crippen molar-refractivity contribution in [2.45, 2.75) is 19.8 Å². The summed E-state index contributed by atoms with van der Waals surface area (Å²) in [5, 5.41) is 9.39. The fourth-order valence-corrected chi connectivity index (χ4v) is 2.28. The predicted octanol–water partition coefficient (Wildman–Crippen LogP) is 1.61. The lowest BCUT2D eigenvalue weighted by molar-refractivity contribution is -0.166. The Kier molecular flexibility index (Phi) is 4.22. The zero-order chi connectivity index (χ0) is 13.9. The first-order valence-corrected chi connectivity index (χ1v) is 6.68. The largest absolute Gasteiger partial charge is 0.395 e. The number of aliphatic hydroxyl groups excluding tert-OH is 1. The van der Waals surface area contributed by atoms with Crippen LogP contribution in [0.25, 0.3) is 0 Å². The summed E-state index contributed by atoms with van der Waals surface area (Å²) >= 11 is 0. The highest BCUT2D eigenvalue weighted by molar-refractivity contribution is 5.98. The van der Waals surface area contributed by atoms with E-state index in [-0.39, 0.29) is 12.5 Å². The number of hydrogen-bond acceptors (Lipinski definition) is 3. The minimum atomic E-state index is -0.739. The lowest BCUT2D eigenvalue weighted by atomic mass is 9.85. The minimum absolute atomic E-state index is 0.0792. The van der Waals surface area contributed by atoms with Crippen LogP contribution in [0.1, 0.15) is 18.9 Å². The number of aryl methyl sites for hydroxylation is 1. The van der Waals surface area contributed by atoms with Crippen molar-refractivity contribution in [1.82, 2.24) is 0 Å². The Balaban J connectivity index is 2.10. The summed E-state index contributed by atoms with van der Waals surface area (Å²) in [6, 6.07) is 8.00. The van der Waals surface area contributed by atoms with Crippen molar-refractivity contribution in [1.29, 1.82) is 0 Å². The molecule has 0 unspecified atom stereocenters. The van der Waals surface area contributed by atoms with E-state index < -0.39 is 5.41 Å². The molecule has 1 fully saturated rings. The van der Waals surface area contributed by atoms with E-state index in [1.54, 1.807) is 11.9 Å². The van der Waals surface area contributed by atoms with Crippen LogP contribution in [-0.4, -0.2) is 37.9 Å². The molecule has 1 heterocycles. The maximum absolute atomic E-state index is 12.4. The van der Waals surface area contributed by atoms with Crippen LogP contribution < -0.4 is 4.90 Å². The average Bonchev–Trinajstić information content (AvgIpc) is 2.38. The van der Waals surface area contributed by atoms with Gasteiger partial charge in [-0.2, -0.15) is 0 Å². The number of aliphatic hydroxyl groups is 1. The Bertz CT molecular complexity index is 432. The molecular weight excluding hydrogens is 242 g/mol. The summed E-state index contributed by atoms with van der Waals surface area (Å²) in [5.74, 6) is -0.0792. The van der Waals surface area contributed by atoms with Crippen molar-refractivity contribution < 1.29 is 14.6 Å². The van der Waals surface area contributed by atoms with Gasteiger partial charge >= 0.3 is 0 Å². The van der Waals surface area contributed by atoms with E-state index in [0.29, 0.717) is 13.2 Å². The summed E-state index contributed by atoms with van der Waals surface area (Å²) in [6.45, 7) is 2.59. The summed E-state index contributed by atoms with van der Waals surface area (Å²) in [5.41, 5.74) is 1.39. The number of ether oxygens (including phenoxy) is 1. The van der Waals surface area contributed by atoms with Gasteiger partial charge in [-0.3, -0.25) is 4.79 Å². The van der Waals surface area contributed by atoms with E-state index >= 15 is 0 Å². The topological polar surface area (TPSA) is 49.8 Å². The van der Waals surface area contributed by atoms with Gasteiger partial charge in [-0.25, -0.2) is 0 Å². The highest BCUT2D eigenvalue weighted by Gasteiger charge is 2.47. The average molecular weight is 263 g/mol.